The molecule has 10 heteroatoms. The average molecular weight is 471 g/mol. The second-order valence-corrected chi connectivity index (χ2v) is 7.86. The van der Waals surface area contributed by atoms with E-state index in [0.717, 1.165) is 5.56 Å². The number of benzene rings is 2. The quantitative estimate of drug-likeness (QED) is 0.473. The van der Waals surface area contributed by atoms with Crippen molar-refractivity contribution in [2.75, 3.05) is 23.9 Å². The smallest absolute Gasteiger partial charge is 0.240 e. The van der Waals surface area contributed by atoms with E-state index >= 15 is 0 Å². The van der Waals surface area contributed by atoms with Gasteiger partial charge in [-0.15, -0.1) is 11.3 Å². The molecule has 3 aromatic rings. The molecule has 3 amide bonds. The molecule has 0 fully saturated rings. The van der Waals surface area contributed by atoms with E-state index in [2.05, 4.69) is 15.6 Å². The Hall–Kier alpha value is -3.79. The van der Waals surface area contributed by atoms with Crippen LogP contribution in [0.5, 0.6) is 5.75 Å². The third-order valence-corrected chi connectivity index (χ3v) is 5.30. The molecule has 1 heterocycles. The number of nitrogens with one attached hydrogen (secondary N) is 2. The van der Waals surface area contributed by atoms with Crippen LogP contribution in [0, 0.1) is 5.82 Å². The molecule has 0 radical (unpaired) electrons. The van der Waals surface area contributed by atoms with Crippen LogP contribution in [0.25, 0.3) is 0 Å². The summed E-state index contributed by atoms with van der Waals surface area (Å²) in [5.41, 5.74) is 1.19. The third kappa shape index (κ3) is 7.39. The van der Waals surface area contributed by atoms with Gasteiger partial charge in [0.2, 0.25) is 17.7 Å². The van der Waals surface area contributed by atoms with Crippen LogP contribution in [-0.2, 0) is 20.9 Å². The lowest BCUT2D eigenvalue weighted by Gasteiger charge is -2.23. The lowest BCUT2D eigenvalue weighted by atomic mass is 10.2. The number of amides is 3. The number of halogens is 1. The second kappa shape index (κ2) is 11.7. The molecule has 0 aliphatic rings. The van der Waals surface area contributed by atoms with E-state index in [-0.39, 0.29) is 37.7 Å². The van der Waals surface area contributed by atoms with E-state index < -0.39 is 11.8 Å². The highest BCUT2D eigenvalue weighted by atomic mass is 32.1. The van der Waals surface area contributed by atoms with Gasteiger partial charge in [-0.25, -0.2) is 9.37 Å². The summed E-state index contributed by atoms with van der Waals surface area (Å²) < 4.78 is 18.3. The van der Waals surface area contributed by atoms with Gasteiger partial charge in [0.15, 0.2) is 5.13 Å². The van der Waals surface area contributed by atoms with Crippen LogP contribution in [0.1, 0.15) is 18.4 Å². The van der Waals surface area contributed by atoms with E-state index in [1.54, 1.807) is 48.0 Å². The third-order valence-electron chi connectivity index (χ3n) is 4.62. The lowest BCUT2D eigenvalue weighted by Crippen LogP contribution is -2.41. The van der Waals surface area contributed by atoms with Crippen LogP contribution in [0.15, 0.2) is 60.1 Å². The number of hydrogen-bond acceptors (Lipinski definition) is 6. The lowest BCUT2D eigenvalue weighted by molar-refractivity contribution is -0.125. The molecule has 0 atom stereocenters. The van der Waals surface area contributed by atoms with Crippen LogP contribution in [0.3, 0.4) is 0 Å². The Morgan fingerprint density at radius 3 is 2.58 bits per heavy atom. The van der Waals surface area contributed by atoms with E-state index in [0.29, 0.717) is 16.6 Å². The summed E-state index contributed by atoms with van der Waals surface area (Å²) in [6.07, 6.45) is 1.41. The van der Waals surface area contributed by atoms with Crippen molar-refractivity contribution in [1.82, 2.24) is 10.3 Å². The first-order chi connectivity index (χ1) is 15.9. The maximum Gasteiger partial charge on any atom is 0.240 e. The number of thiazole rings is 1. The second-order valence-electron chi connectivity index (χ2n) is 6.97. The van der Waals surface area contributed by atoms with Crippen molar-refractivity contribution in [1.29, 1.82) is 0 Å². The number of rotatable bonds is 10. The van der Waals surface area contributed by atoms with Crippen LogP contribution in [0.2, 0.25) is 0 Å². The van der Waals surface area contributed by atoms with Crippen molar-refractivity contribution >= 4 is 39.9 Å². The predicted octanol–water partition coefficient (Wildman–Crippen LogP) is 3.36. The van der Waals surface area contributed by atoms with Crippen LogP contribution in [0.4, 0.5) is 15.2 Å². The van der Waals surface area contributed by atoms with Gasteiger partial charge in [-0.2, -0.15) is 0 Å². The molecule has 0 unspecified atom stereocenters. The highest BCUT2D eigenvalue weighted by Crippen LogP contribution is 2.22. The van der Waals surface area contributed by atoms with Crippen molar-refractivity contribution in [2.24, 2.45) is 0 Å². The molecule has 0 bridgehead atoms. The summed E-state index contributed by atoms with van der Waals surface area (Å²) in [5, 5.41) is 7.54. The number of carbonyl (C=O) groups excluding carboxylic acids is 3. The SMILES string of the molecule is COc1cccc(N(CC(=O)NCc2ccc(F)cc2)C(=O)CCC(=O)Nc2nccs2)c1. The standard InChI is InChI=1S/C23H23FN4O4S/c1-32-19-4-2-3-18(13-19)28(15-21(30)26-14-16-5-7-17(24)8-6-16)22(31)10-9-20(29)27-23-25-11-12-33-23/h2-8,11-13H,9-10,14-15H2,1H3,(H,26,30)(H,25,27,29). The maximum absolute atomic E-state index is 13.1. The first kappa shape index (κ1) is 23.9. The molecule has 33 heavy (non-hydrogen) atoms. The largest absolute Gasteiger partial charge is 0.497 e. The Balaban J connectivity index is 1.64. The first-order valence-electron chi connectivity index (χ1n) is 10.1. The number of aromatic nitrogens is 1. The van der Waals surface area contributed by atoms with E-state index in [1.807, 2.05) is 0 Å². The van der Waals surface area contributed by atoms with Gasteiger partial charge in [0, 0.05) is 42.7 Å². The molecular formula is C23H23FN4O4S. The van der Waals surface area contributed by atoms with E-state index in [4.69, 9.17) is 4.74 Å². The van der Waals surface area contributed by atoms with Gasteiger partial charge in [0.25, 0.3) is 0 Å². The number of ether oxygens (including phenoxy) is 1. The first-order valence-corrected chi connectivity index (χ1v) is 11.0. The minimum atomic E-state index is -0.400. The summed E-state index contributed by atoms with van der Waals surface area (Å²) >= 11 is 1.28. The number of hydrogen-bond donors (Lipinski definition) is 2. The van der Waals surface area contributed by atoms with Gasteiger partial charge < -0.3 is 20.3 Å². The Morgan fingerprint density at radius 1 is 1.09 bits per heavy atom. The normalized spacial score (nSPS) is 10.4. The monoisotopic (exact) mass is 470 g/mol. The fourth-order valence-corrected chi connectivity index (χ4v) is 3.47. The van der Waals surface area contributed by atoms with Crippen molar-refractivity contribution in [3.63, 3.8) is 0 Å². The van der Waals surface area contributed by atoms with Gasteiger partial charge in [-0.05, 0) is 29.8 Å². The van der Waals surface area contributed by atoms with Gasteiger partial charge in [-0.1, -0.05) is 18.2 Å². The number of anilines is 2. The molecule has 0 saturated carbocycles. The van der Waals surface area contributed by atoms with Gasteiger partial charge in [-0.3, -0.25) is 14.4 Å². The molecule has 8 nitrogen and oxygen atoms in total. The summed E-state index contributed by atoms with van der Waals surface area (Å²) in [6.45, 7) is -0.0588. The van der Waals surface area contributed by atoms with Crippen molar-refractivity contribution in [3.8, 4) is 5.75 Å². The number of nitrogens with zero attached hydrogens (tertiary/aromatic N) is 2. The highest BCUT2D eigenvalue weighted by molar-refractivity contribution is 7.13. The van der Waals surface area contributed by atoms with Crippen LogP contribution in [-0.4, -0.2) is 36.4 Å². The Morgan fingerprint density at radius 2 is 1.88 bits per heavy atom. The molecule has 0 saturated heterocycles. The van der Waals surface area contributed by atoms with E-state index in [9.17, 15) is 18.8 Å². The zero-order valence-electron chi connectivity index (χ0n) is 17.9. The zero-order chi connectivity index (χ0) is 23.6. The number of carbonyl (C=O) groups is 3. The molecule has 0 aliphatic carbocycles. The maximum atomic E-state index is 13.1. The Labute approximate surface area is 194 Å². The van der Waals surface area contributed by atoms with Crippen LogP contribution >= 0.6 is 11.3 Å². The average Bonchev–Trinajstić information content (AvgIpc) is 3.33. The molecule has 0 aliphatic heterocycles. The molecule has 2 aromatic carbocycles. The number of methoxy groups -OCH3 is 1. The van der Waals surface area contributed by atoms with Gasteiger partial charge in [0.05, 0.1) is 7.11 Å². The van der Waals surface area contributed by atoms with Crippen LogP contribution < -0.4 is 20.3 Å². The summed E-state index contributed by atoms with van der Waals surface area (Å²) in [4.78, 5) is 43.0. The Bertz CT molecular complexity index is 1090. The molecule has 172 valence electrons. The van der Waals surface area contributed by atoms with Gasteiger partial charge >= 0.3 is 0 Å². The predicted molar refractivity (Wildman–Crippen MR) is 124 cm³/mol. The minimum Gasteiger partial charge on any atom is -0.497 e. The zero-order valence-corrected chi connectivity index (χ0v) is 18.7. The fourth-order valence-electron chi connectivity index (χ4n) is 2.93. The molecule has 3 rings (SSSR count). The Kier molecular flexibility index (Phi) is 8.48. The van der Waals surface area contributed by atoms with Gasteiger partial charge in [0.1, 0.15) is 18.1 Å². The summed E-state index contributed by atoms with van der Waals surface area (Å²) in [6, 6.07) is 12.5. The highest BCUT2D eigenvalue weighted by Gasteiger charge is 2.21. The minimum absolute atomic E-state index is 0.0594. The van der Waals surface area contributed by atoms with Crippen molar-refractivity contribution in [2.45, 2.75) is 19.4 Å². The summed E-state index contributed by atoms with van der Waals surface area (Å²) in [5.74, 6) is -0.973. The fraction of sp³-hybridized carbons (Fsp3) is 0.217. The van der Waals surface area contributed by atoms with Crippen molar-refractivity contribution < 1.29 is 23.5 Å². The molecule has 0 spiro atoms. The molecular weight excluding hydrogens is 447 g/mol. The molecule has 1 aromatic heterocycles. The topological polar surface area (TPSA) is 101 Å². The van der Waals surface area contributed by atoms with E-state index in [1.165, 1.54) is 35.5 Å². The summed E-state index contributed by atoms with van der Waals surface area (Å²) in [7, 11) is 1.50. The molecule has 2 N–H and O–H groups in total. The van der Waals surface area contributed by atoms with Crippen molar-refractivity contribution in [3.05, 3.63) is 71.5 Å².